The second-order valence-electron chi connectivity index (χ2n) is 6.31. The number of nitrogens with one attached hydrogen (secondary N) is 1. The maximum Gasteiger partial charge on any atom is 0.245 e. The highest BCUT2D eigenvalue weighted by Gasteiger charge is 2.24. The first-order valence-electron chi connectivity index (χ1n) is 8.05. The summed E-state index contributed by atoms with van der Waals surface area (Å²) in [4.78, 5) is 26.2. The van der Waals surface area contributed by atoms with Gasteiger partial charge in [-0.15, -0.1) is 0 Å². The van der Waals surface area contributed by atoms with Crippen molar-refractivity contribution in [1.29, 1.82) is 0 Å². The Bertz CT molecular complexity index is 479. The molecule has 0 atom stereocenters. The Labute approximate surface area is 131 Å². The summed E-state index contributed by atoms with van der Waals surface area (Å²) in [5, 5.41) is 6.29. The first-order chi connectivity index (χ1) is 10.6. The molecule has 6 nitrogen and oxygen atoms in total. The molecule has 0 radical (unpaired) electrons. The van der Waals surface area contributed by atoms with E-state index in [-0.39, 0.29) is 24.3 Å². The van der Waals surface area contributed by atoms with Gasteiger partial charge in [0.15, 0.2) is 5.82 Å². The van der Waals surface area contributed by atoms with Gasteiger partial charge in [-0.3, -0.25) is 9.59 Å². The zero-order valence-corrected chi connectivity index (χ0v) is 13.4. The van der Waals surface area contributed by atoms with Crippen LogP contribution in [-0.4, -0.2) is 35.0 Å². The lowest BCUT2D eigenvalue weighted by Crippen LogP contribution is -2.43. The molecule has 0 unspecified atom stereocenters. The molecule has 1 aliphatic rings. The molecule has 1 aromatic heterocycles. The van der Waals surface area contributed by atoms with Crippen LogP contribution < -0.4 is 5.32 Å². The van der Waals surface area contributed by atoms with E-state index in [1.165, 1.54) is 25.5 Å². The molecule has 0 spiro atoms. The monoisotopic (exact) mass is 307 g/mol. The molecule has 1 N–H and O–H groups in total. The number of aromatic nitrogens is 1. The van der Waals surface area contributed by atoms with Crippen LogP contribution in [-0.2, 0) is 9.59 Å². The fraction of sp³-hybridized carbons (Fsp3) is 0.688. The van der Waals surface area contributed by atoms with E-state index in [0.29, 0.717) is 18.3 Å². The number of carbonyl (C=O) groups excluding carboxylic acids is 2. The molecule has 0 aromatic carbocycles. The molecule has 1 aliphatic carbocycles. The minimum Gasteiger partial charge on any atom is -0.363 e. The van der Waals surface area contributed by atoms with E-state index in [2.05, 4.69) is 15.0 Å². The van der Waals surface area contributed by atoms with Gasteiger partial charge in [0.2, 0.25) is 11.8 Å². The minimum atomic E-state index is -0.237. The van der Waals surface area contributed by atoms with Gasteiger partial charge < -0.3 is 14.7 Å². The highest BCUT2D eigenvalue weighted by atomic mass is 16.5. The number of anilines is 1. The van der Waals surface area contributed by atoms with Crippen molar-refractivity contribution in [3.63, 3.8) is 0 Å². The molecular formula is C16H25N3O3. The zero-order valence-electron chi connectivity index (χ0n) is 13.4. The van der Waals surface area contributed by atoms with E-state index in [1.54, 1.807) is 11.0 Å². The summed E-state index contributed by atoms with van der Waals surface area (Å²) in [7, 11) is 0. The molecule has 0 aliphatic heterocycles. The molecule has 1 aromatic rings. The van der Waals surface area contributed by atoms with E-state index in [1.807, 2.05) is 13.8 Å². The maximum absolute atomic E-state index is 12.4. The van der Waals surface area contributed by atoms with Crippen LogP contribution in [0.1, 0.15) is 46.0 Å². The van der Waals surface area contributed by atoms with Crippen molar-refractivity contribution < 1.29 is 14.1 Å². The van der Waals surface area contributed by atoms with Gasteiger partial charge >= 0.3 is 0 Å². The van der Waals surface area contributed by atoms with E-state index in [4.69, 9.17) is 0 Å². The van der Waals surface area contributed by atoms with Crippen LogP contribution in [0.5, 0.6) is 0 Å². The summed E-state index contributed by atoms with van der Waals surface area (Å²) >= 11 is 0. The smallest absolute Gasteiger partial charge is 0.245 e. The normalized spacial score (nSPS) is 15.8. The van der Waals surface area contributed by atoms with E-state index >= 15 is 0 Å². The third-order valence-electron chi connectivity index (χ3n) is 4.05. The van der Waals surface area contributed by atoms with Gasteiger partial charge in [0.25, 0.3) is 0 Å². The second kappa shape index (κ2) is 7.96. The molecular weight excluding hydrogens is 282 g/mol. The predicted octanol–water partition coefficient (Wildman–Crippen LogP) is 2.68. The summed E-state index contributed by atoms with van der Waals surface area (Å²) < 4.78 is 4.68. The van der Waals surface area contributed by atoms with E-state index < -0.39 is 0 Å². The van der Waals surface area contributed by atoms with Crippen molar-refractivity contribution in [3.8, 4) is 0 Å². The molecule has 0 bridgehead atoms. The predicted molar refractivity (Wildman–Crippen MR) is 83.1 cm³/mol. The van der Waals surface area contributed by atoms with Crippen LogP contribution in [0.4, 0.5) is 5.82 Å². The molecule has 2 amide bonds. The Morgan fingerprint density at radius 2 is 2.09 bits per heavy atom. The lowest BCUT2D eigenvalue weighted by Gasteiger charge is -2.30. The van der Waals surface area contributed by atoms with Crippen LogP contribution in [0, 0.1) is 11.8 Å². The van der Waals surface area contributed by atoms with Gasteiger partial charge in [0.1, 0.15) is 6.26 Å². The Balaban J connectivity index is 1.94. The minimum absolute atomic E-state index is 0.0286. The molecule has 22 heavy (non-hydrogen) atoms. The highest BCUT2D eigenvalue weighted by Crippen LogP contribution is 2.24. The second-order valence-corrected chi connectivity index (χ2v) is 6.31. The Kier molecular flexibility index (Phi) is 5.98. The van der Waals surface area contributed by atoms with Crippen molar-refractivity contribution in [2.24, 2.45) is 11.8 Å². The Morgan fingerprint density at radius 1 is 1.36 bits per heavy atom. The SMILES string of the molecule is CC(C)C(=O)N(CC(=O)Nc1ccon1)CC1CCCCC1. The standard InChI is InChI=1S/C16H25N3O3/c1-12(2)16(21)19(10-13-6-4-3-5-7-13)11-15(20)17-14-8-9-22-18-14/h8-9,12-13H,3-7,10-11H2,1-2H3,(H,17,18,20). The third-order valence-corrected chi connectivity index (χ3v) is 4.05. The van der Waals surface area contributed by atoms with Crippen LogP contribution in [0.2, 0.25) is 0 Å². The van der Waals surface area contributed by atoms with Crippen LogP contribution in [0.25, 0.3) is 0 Å². The van der Waals surface area contributed by atoms with Gasteiger partial charge in [0, 0.05) is 18.5 Å². The topological polar surface area (TPSA) is 75.4 Å². The zero-order chi connectivity index (χ0) is 15.9. The third kappa shape index (κ3) is 4.86. The highest BCUT2D eigenvalue weighted by molar-refractivity contribution is 5.93. The molecule has 0 saturated heterocycles. The average Bonchev–Trinajstić information content (AvgIpc) is 2.99. The molecule has 2 rings (SSSR count). The summed E-state index contributed by atoms with van der Waals surface area (Å²) in [5.41, 5.74) is 0. The van der Waals surface area contributed by atoms with Gasteiger partial charge in [0.05, 0.1) is 6.54 Å². The lowest BCUT2D eigenvalue weighted by molar-refractivity contribution is -0.138. The summed E-state index contributed by atoms with van der Waals surface area (Å²) in [6, 6.07) is 1.58. The average molecular weight is 307 g/mol. The number of hydrogen-bond acceptors (Lipinski definition) is 4. The van der Waals surface area contributed by atoms with Crippen molar-refractivity contribution in [1.82, 2.24) is 10.1 Å². The molecule has 122 valence electrons. The van der Waals surface area contributed by atoms with E-state index in [0.717, 1.165) is 12.8 Å². The van der Waals surface area contributed by atoms with Crippen molar-refractivity contribution in [2.45, 2.75) is 46.0 Å². The lowest BCUT2D eigenvalue weighted by atomic mass is 9.88. The van der Waals surface area contributed by atoms with Gasteiger partial charge in [-0.2, -0.15) is 0 Å². The molecule has 6 heteroatoms. The fourth-order valence-electron chi connectivity index (χ4n) is 2.91. The fourth-order valence-corrected chi connectivity index (χ4v) is 2.91. The maximum atomic E-state index is 12.4. The largest absolute Gasteiger partial charge is 0.363 e. The first kappa shape index (κ1) is 16.5. The summed E-state index contributed by atoms with van der Waals surface area (Å²) in [5.74, 6) is 0.568. The van der Waals surface area contributed by atoms with Crippen molar-refractivity contribution in [2.75, 3.05) is 18.4 Å². The quantitative estimate of drug-likeness (QED) is 0.876. The van der Waals surface area contributed by atoms with Crippen LogP contribution in [0.3, 0.4) is 0 Å². The van der Waals surface area contributed by atoms with Gasteiger partial charge in [-0.05, 0) is 18.8 Å². The number of rotatable bonds is 6. The Hall–Kier alpha value is -1.85. The van der Waals surface area contributed by atoms with Gasteiger partial charge in [-0.25, -0.2) is 0 Å². The number of hydrogen-bond donors (Lipinski definition) is 1. The summed E-state index contributed by atoms with van der Waals surface area (Å²) in [6.07, 6.45) is 7.41. The Morgan fingerprint density at radius 3 is 2.68 bits per heavy atom. The molecule has 1 fully saturated rings. The van der Waals surface area contributed by atoms with Crippen LogP contribution >= 0.6 is 0 Å². The summed E-state index contributed by atoms with van der Waals surface area (Å²) in [6.45, 7) is 4.47. The number of carbonyl (C=O) groups is 2. The van der Waals surface area contributed by atoms with Gasteiger partial charge in [-0.1, -0.05) is 38.3 Å². The molecule has 1 saturated carbocycles. The number of amides is 2. The number of nitrogens with zero attached hydrogens (tertiary/aromatic N) is 2. The first-order valence-corrected chi connectivity index (χ1v) is 8.05. The van der Waals surface area contributed by atoms with Crippen molar-refractivity contribution >= 4 is 17.6 Å². The molecule has 1 heterocycles. The van der Waals surface area contributed by atoms with Crippen molar-refractivity contribution in [3.05, 3.63) is 12.3 Å². The van der Waals surface area contributed by atoms with Crippen LogP contribution in [0.15, 0.2) is 16.9 Å². The van der Waals surface area contributed by atoms with E-state index in [9.17, 15) is 9.59 Å².